The van der Waals surface area contributed by atoms with Crippen LogP contribution in [0.4, 0.5) is 11.5 Å². The summed E-state index contributed by atoms with van der Waals surface area (Å²) < 4.78 is 0. The van der Waals surface area contributed by atoms with E-state index in [0.717, 1.165) is 11.8 Å². The van der Waals surface area contributed by atoms with Crippen LogP contribution in [0.3, 0.4) is 0 Å². The molecule has 0 aliphatic heterocycles. The lowest BCUT2D eigenvalue weighted by atomic mass is 10.0. The Morgan fingerprint density at radius 2 is 2.17 bits per heavy atom. The number of aliphatic hydroxyl groups excluding tert-OH is 2. The summed E-state index contributed by atoms with van der Waals surface area (Å²) in [5.41, 5.74) is 11.7. The fourth-order valence-electron chi connectivity index (χ4n) is 1.37. The van der Waals surface area contributed by atoms with Gasteiger partial charge in [0.25, 0.3) is 0 Å². The SMILES string of the molecule is CC(=O)SCCC(O)C(O)c1cnc(N)c(N)c1. The van der Waals surface area contributed by atoms with E-state index in [2.05, 4.69) is 4.98 Å². The third-order valence-corrected chi connectivity index (χ3v) is 3.24. The third kappa shape index (κ3) is 4.17. The van der Waals surface area contributed by atoms with E-state index >= 15 is 0 Å². The lowest BCUT2D eigenvalue weighted by Gasteiger charge is -2.18. The lowest BCUT2D eigenvalue weighted by Crippen LogP contribution is -2.19. The van der Waals surface area contributed by atoms with Gasteiger partial charge in [-0.25, -0.2) is 4.98 Å². The van der Waals surface area contributed by atoms with E-state index in [1.54, 1.807) is 0 Å². The van der Waals surface area contributed by atoms with Crippen LogP contribution in [0.5, 0.6) is 0 Å². The average Bonchev–Trinajstić information content (AvgIpc) is 2.31. The minimum Gasteiger partial charge on any atom is -0.396 e. The van der Waals surface area contributed by atoms with Gasteiger partial charge in [0, 0.05) is 24.4 Å². The van der Waals surface area contributed by atoms with Crippen molar-refractivity contribution in [3.8, 4) is 0 Å². The van der Waals surface area contributed by atoms with Crippen molar-refractivity contribution < 1.29 is 15.0 Å². The number of rotatable bonds is 5. The molecule has 0 bridgehead atoms. The van der Waals surface area contributed by atoms with Crippen LogP contribution in [0.25, 0.3) is 0 Å². The van der Waals surface area contributed by atoms with Crippen molar-refractivity contribution in [3.05, 3.63) is 17.8 Å². The van der Waals surface area contributed by atoms with Crippen LogP contribution < -0.4 is 11.5 Å². The molecule has 0 aromatic carbocycles. The van der Waals surface area contributed by atoms with Gasteiger partial charge in [-0.3, -0.25) is 4.79 Å². The molecule has 0 radical (unpaired) electrons. The number of hydrogen-bond acceptors (Lipinski definition) is 7. The van der Waals surface area contributed by atoms with Gasteiger partial charge in [-0.05, 0) is 12.5 Å². The highest BCUT2D eigenvalue weighted by molar-refractivity contribution is 8.13. The zero-order valence-corrected chi connectivity index (χ0v) is 10.9. The van der Waals surface area contributed by atoms with Crippen molar-refractivity contribution in [3.63, 3.8) is 0 Å². The minimum atomic E-state index is -1.09. The molecule has 2 unspecified atom stereocenters. The van der Waals surface area contributed by atoms with Gasteiger partial charge in [-0.1, -0.05) is 11.8 Å². The lowest BCUT2D eigenvalue weighted by molar-refractivity contribution is -0.109. The molecule has 2 atom stereocenters. The van der Waals surface area contributed by atoms with E-state index in [9.17, 15) is 15.0 Å². The van der Waals surface area contributed by atoms with Gasteiger partial charge in [-0.2, -0.15) is 0 Å². The van der Waals surface area contributed by atoms with E-state index in [4.69, 9.17) is 11.5 Å². The maximum Gasteiger partial charge on any atom is 0.185 e. The maximum atomic E-state index is 10.7. The molecule has 1 aromatic rings. The van der Waals surface area contributed by atoms with Crippen LogP contribution in [0.15, 0.2) is 12.3 Å². The monoisotopic (exact) mass is 271 g/mol. The van der Waals surface area contributed by atoms with E-state index in [-0.39, 0.29) is 16.6 Å². The Morgan fingerprint density at radius 3 is 2.72 bits per heavy atom. The topological polar surface area (TPSA) is 122 Å². The molecule has 0 fully saturated rings. The molecule has 1 rings (SSSR count). The quantitative estimate of drug-likeness (QED) is 0.607. The fraction of sp³-hybridized carbons (Fsp3) is 0.455. The van der Waals surface area contributed by atoms with Gasteiger partial charge in [0.05, 0.1) is 11.8 Å². The fourth-order valence-corrected chi connectivity index (χ4v) is 2.02. The Kier molecular flexibility index (Phi) is 5.39. The van der Waals surface area contributed by atoms with E-state index in [0.29, 0.717) is 17.7 Å². The molecule has 6 nitrogen and oxygen atoms in total. The summed E-state index contributed by atoms with van der Waals surface area (Å²) in [6.07, 6.45) is -0.387. The Morgan fingerprint density at radius 1 is 1.50 bits per heavy atom. The highest BCUT2D eigenvalue weighted by Gasteiger charge is 2.19. The Balaban J connectivity index is 2.59. The molecular weight excluding hydrogens is 254 g/mol. The standard InChI is InChI=1S/C11H17N3O3S/c1-6(15)18-3-2-9(16)10(17)7-4-8(12)11(13)14-5-7/h4-5,9-10,16-17H,2-3,12H2,1H3,(H2,13,14). The summed E-state index contributed by atoms with van der Waals surface area (Å²) in [5.74, 6) is 0.637. The van der Waals surface area contributed by atoms with Gasteiger partial charge < -0.3 is 21.7 Å². The van der Waals surface area contributed by atoms with Gasteiger partial charge in [0.2, 0.25) is 0 Å². The molecule has 0 saturated heterocycles. The second-order valence-corrected chi connectivity index (χ2v) is 5.16. The summed E-state index contributed by atoms with van der Waals surface area (Å²) in [7, 11) is 0. The van der Waals surface area contributed by atoms with Gasteiger partial charge in [-0.15, -0.1) is 0 Å². The number of pyridine rings is 1. The second-order valence-electron chi connectivity index (χ2n) is 3.88. The molecule has 0 saturated carbocycles. The van der Waals surface area contributed by atoms with E-state index in [1.807, 2.05) is 0 Å². The van der Waals surface area contributed by atoms with Crippen LogP contribution >= 0.6 is 11.8 Å². The average molecular weight is 271 g/mol. The van der Waals surface area contributed by atoms with Crippen LogP contribution in [-0.4, -0.2) is 32.2 Å². The number of nitrogens with zero attached hydrogens (tertiary/aromatic N) is 1. The highest BCUT2D eigenvalue weighted by Crippen LogP contribution is 2.23. The molecule has 0 spiro atoms. The first-order chi connectivity index (χ1) is 8.41. The summed E-state index contributed by atoms with van der Waals surface area (Å²) in [5, 5.41) is 19.6. The first kappa shape index (κ1) is 14.7. The van der Waals surface area contributed by atoms with Crippen molar-refractivity contribution in [2.75, 3.05) is 17.2 Å². The third-order valence-electron chi connectivity index (χ3n) is 2.40. The predicted molar refractivity (Wildman–Crippen MR) is 71.8 cm³/mol. The molecule has 1 aromatic heterocycles. The molecule has 7 heteroatoms. The summed E-state index contributed by atoms with van der Waals surface area (Å²) in [4.78, 5) is 14.5. The largest absolute Gasteiger partial charge is 0.396 e. The van der Waals surface area contributed by atoms with Crippen molar-refractivity contribution in [2.45, 2.75) is 25.6 Å². The number of aliphatic hydroxyl groups is 2. The molecule has 0 amide bonds. The van der Waals surface area contributed by atoms with E-state index in [1.165, 1.54) is 19.2 Å². The number of anilines is 2. The molecule has 18 heavy (non-hydrogen) atoms. The highest BCUT2D eigenvalue weighted by atomic mass is 32.2. The van der Waals surface area contributed by atoms with Crippen LogP contribution in [0.2, 0.25) is 0 Å². The first-order valence-corrected chi connectivity index (χ1v) is 6.40. The predicted octanol–water partition coefficient (Wildman–Crippen LogP) is 0.310. The number of carbonyl (C=O) groups excluding carboxylic acids is 1. The Labute approximate surface area is 109 Å². The van der Waals surface area contributed by atoms with E-state index < -0.39 is 12.2 Å². The van der Waals surface area contributed by atoms with Crippen molar-refractivity contribution in [1.29, 1.82) is 0 Å². The zero-order chi connectivity index (χ0) is 13.7. The Bertz CT molecular complexity index is 428. The molecule has 100 valence electrons. The van der Waals surface area contributed by atoms with Gasteiger partial charge in [0.15, 0.2) is 5.12 Å². The van der Waals surface area contributed by atoms with Crippen LogP contribution in [-0.2, 0) is 4.79 Å². The molecule has 6 N–H and O–H groups in total. The number of thioether (sulfide) groups is 1. The maximum absolute atomic E-state index is 10.7. The summed E-state index contributed by atoms with van der Waals surface area (Å²) in [6, 6.07) is 1.48. The summed E-state index contributed by atoms with van der Waals surface area (Å²) >= 11 is 1.11. The molecule has 0 aliphatic rings. The van der Waals surface area contributed by atoms with Crippen LogP contribution in [0, 0.1) is 0 Å². The molecular formula is C11H17N3O3S. The van der Waals surface area contributed by atoms with Crippen molar-refractivity contribution >= 4 is 28.4 Å². The van der Waals surface area contributed by atoms with Gasteiger partial charge >= 0.3 is 0 Å². The van der Waals surface area contributed by atoms with Crippen LogP contribution in [0.1, 0.15) is 25.0 Å². The number of hydrogen-bond donors (Lipinski definition) is 4. The van der Waals surface area contributed by atoms with Gasteiger partial charge in [0.1, 0.15) is 11.9 Å². The number of nitrogen functional groups attached to an aromatic ring is 2. The number of carbonyl (C=O) groups is 1. The molecule has 1 heterocycles. The van der Waals surface area contributed by atoms with Crippen molar-refractivity contribution in [1.82, 2.24) is 4.98 Å². The first-order valence-electron chi connectivity index (χ1n) is 5.42. The smallest absolute Gasteiger partial charge is 0.185 e. The zero-order valence-electron chi connectivity index (χ0n) is 10.0. The summed E-state index contributed by atoms with van der Waals surface area (Å²) in [6.45, 7) is 1.46. The normalized spacial score (nSPS) is 14.2. The number of aromatic nitrogens is 1. The molecule has 0 aliphatic carbocycles. The number of nitrogens with two attached hydrogens (primary N) is 2. The minimum absolute atomic E-state index is 0.0184. The second kappa shape index (κ2) is 6.58. The van der Waals surface area contributed by atoms with Crippen molar-refractivity contribution in [2.24, 2.45) is 0 Å². The Hall–Kier alpha value is -1.31.